The minimum absolute atomic E-state index is 0.0708. The number of hydrogen-bond acceptors (Lipinski definition) is 5. The van der Waals surface area contributed by atoms with Crippen molar-refractivity contribution in [3.63, 3.8) is 0 Å². The molecule has 1 saturated carbocycles. The van der Waals surface area contributed by atoms with Gasteiger partial charge in [0.25, 0.3) is 0 Å². The van der Waals surface area contributed by atoms with Crippen LogP contribution in [0.2, 0.25) is 0 Å². The minimum atomic E-state index is -4.02. The molecule has 3 aromatic rings. The van der Waals surface area contributed by atoms with Crippen LogP contribution in [0.4, 0.5) is 4.39 Å². The first-order chi connectivity index (χ1) is 20.2. The number of carbonyl (C=O) groups excluding carboxylic acids is 1. The van der Waals surface area contributed by atoms with E-state index in [2.05, 4.69) is 10.3 Å². The van der Waals surface area contributed by atoms with Gasteiger partial charge < -0.3 is 10.4 Å². The van der Waals surface area contributed by atoms with Gasteiger partial charge in [-0.15, -0.1) is 0 Å². The lowest BCUT2D eigenvalue weighted by molar-refractivity contribution is -0.124. The fraction of sp³-hybridized carbons (Fsp3) is 0.455. The Hall–Kier alpha value is -3.14. The van der Waals surface area contributed by atoms with Crippen molar-refractivity contribution in [1.29, 1.82) is 0 Å². The van der Waals surface area contributed by atoms with Crippen LogP contribution in [0.1, 0.15) is 56.7 Å². The second-order valence-corrected chi connectivity index (χ2v) is 13.5. The van der Waals surface area contributed by atoms with E-state index in [-0.39, 0.29) is 35.7 Å². The van der Waals surface area contributed by atoms with Crippen molar-refractivity contribution in [1.82, 2.24) is 14.6 Å². The Balaban J connectivity index is 1.58. The number of aliphatic hydroxyl groups is 1. The Kier molecular flexibility index (Phi) is 11.2. The van der Waals surface area contributed by atoms with E-state index in [0.717, 1.165) is 47.7 Å². The summed E-state index contributed by atoms with van der Waals surface area (Å²) in [5.41, 5.74) is 1.42. The first-order valence-electron chi connectivity index (χ1n) is 14.8. The van der Waals surface area contributed by atoms with Crippen molar-refractivity contribution in [2.45, 2.75) is 74.3 Å². The number of amides is 1. The summed E-state index contributed by atoms with van der Waals surface area (Å²) in [5, 5.41) is 14.6. The normalized spacial score (nSPS) is 17.3. The molecule has 4 rings (SSSR count). The van der Waals surface area contributed by atoms with Crippen LogP contribution in [0.5, 0.6) is 0 Å². The molecule has 3 atom stereocenters. The van der Waals surface area contributed by atoms with Gasteiger partial charge in [-0.05, 0) is 55.0 Å². The average molecular weight is 596 g/mol. The van der Waals surface area contributed by atoms with Crippen LogP contribution in [0.25, 0.3) is 0 Å². The zero-order chi connectivity index (χ0) is 30.0. The lowest BCUT2D eigenvalue weighted by Gasteiger charge is -2.37. The highest BCUT2D eigenvalue weighted by Crippen LogP contribution is 2.41. The van der Waals surface area contributed by atoms with E-state index in [0.29, 0.717) is 6.42 Å². The van der Waals surface area contributed by atoms with Gasteiger partial charge >= 0.3 is 0 Å². The molecule has 2 N–H and O–H groups in total. The molecule has 0 aliphatic heterocycles. The summed E-state index contributed by atoms with van der Waals surface area (Å²) in [4.78, 5) is 18.4. The summed E-state index contributed by atoms with van der Waals surface area (Å²) < 4.78 is 41.8. The van der Waals surface area contributed by atoms with Crippen LogP contribution < -0.4 is 5.32 Å². The molecule has 0 saturated heterocycles. The molecule has 1 amide bonds. The van der Waals surface area contributed by atoms with Gasteiger partial charge in [-0.1, -0.05) is 80.8 Å². The fourth-order valence-electron chi connectivity index (χ4n) is 5.89. The Bertz CT molecular complexity index is 1350. The Labute approximate surface area is 249 Å². The Morgan fingerprint density at radius 3 is 2.24 bits per heavy atom. The minimum Gasteiger partial charge on any atom is -0.390 e. The number of benzene rings is 2. The van der Waals surface area contributed by atoms with E-state index < -0.39 is 34.8 Å². The van der Waals surface area contributed by atoms with E-state index in [9.17, 15) is 22.7 Å². The lowest BCUT2D eigenvalue weighted by Crippen LogP contribution is -2.52. The van der Waals surface area contributed by atoms with E-state index in [1.54, 1.807) is 31.3 Å². The number of alkyl halides is 1. The third kappa shape index (κ3) is 8.24. The number of nitrogens with one attached hydrogen (secondary N) is 1. The third-order valence-electron chi connectivity index (χ3n) is 8.18. The smallest absolute Gasteiger partial charge is 0.243 e. The molecule has 7 nitrogen and oxygen atoms in total. The van der Waals surface area contributed by atoms with Crippen molar-refractivity contribution >= 4 is 15.9 Å². The van der Waals surface area contributed by atoms with Crippen molar-refractivity contribution < 1.29 is 22.7 Å². The van der Waals surface area contributed by atoms with Gasteiger partial charge in [0.2, 0.25) is 15.9 Å². The molecular weight excluding hydrogens is 553 g/mol. The molecule has 1 aliphatic carbocycles. The van der Waals surface area contributed by atoms with Crippen LogP contribution in [-0.4, -0.2) is 60.6 Å². The molecule has 1 aromatic heterocycles. The van der Waals surface area contributed by atoms with E-state index in [4.69, 9.17) is 0 Å². The van der Waals surface area contributed by atoms with Crippen molar-refractivity contribution in [2.24, 2.45) is 5.92 Å². The summed E-state index contributed by atoms with van der Waals surface area (Å²) in [6.45, 7) is 0.547. The number of carbonyl (C=O) groups is 1. The van der Waals surface area contributed by atoms with Gasteiger partial charge in [0.15, 0.2) is 0 Å². The SMILES string of the molecule is CC(CF)CN(C[C@@H](O)[C@H](Cc1ccccc1)NC(=O)CC1(c2ccccn2)CCCCC1)S(=O)(=O)c1ccccc1. The number of aliphatic hydroxyl groups excluding tert-OH is 1. The van der Waals surface area contributed by atoms with Gasteiger partial charge in [-0.3, -0.25) is 14.2 Å². The number of aromatic nitrogens is 1. The lowest BCUT2D eigenvalue weighted by atomic mass is 9.69. The second-order valence-electron chi connectivity index (χ2n) is 11.6. The Morgan fingerprint density at radius 2 is 1.62 bits per heavy atom. The summed E-state index contributed by atoms with van der Waals surface area (Å²) in [7, 11) is -4.02. The Morgan fingerprint density at radius 1 is 0.976 bits per heavy atom. The molecule has 0 bridgehead atoms. The summed E-state index contributed by atoms with van der Waals surface area (Å²) in [5.74, 6) is -0.778. The maximum Gasteiger partial charge on any atom is 0.243 e. The topological polar surface area (TPSA) is 99.6 Å². The molecule has 0 radical (unpaired) electrons. The molecule has 0 spiro atoms. The molecule has 42 heavy (non-hydrogen) atoms. The predicted molar refractivity (Wildman–Crippen MR) is 162 cm³/mol. The zero-order valence-electron chi connectivity index (χ0n) is 24.2. The second kappa shape index (κ2) is 14.8. The van der Waals surface area contributed by atoms with E-state index >= 15 is 0 Å². The van der Waals surface area contributed by atoms with Crippen LogP contribution in [0.15, 0.2) is 90.0 Å². The van der Waals surface area contributed by atoms with Crippen LogP contribution >= 0.6 is 0 Å². The highest BCUT2D eigenvalue weighted by Gasteiger charge is 2.38. The van der Waals surface area contributed by atoms with Crippen molar-refractivity contribution in [3.05, 3.63) is 96.3 Å². The number of sulfonamides is 1. The highest BCUT2D eigenvalue weighted by molar-refractivity contribution is 7.89. The largest absolute Gasteiger partial charge is 0.390 e. The fourth-order valence-corrected chi connectivity index (χ4v) is 7.49. The number of hydrogen-bond donors (Lipinski definition) is 2. The van der Waals surface area contributed by atoms with Gasteiger partial charge in [-0.2, -0.15) is 4.31 Å². The number of pyridine rings is 1. The number of rotatable bonds is 14. The monoisotopic (exact) mass is 595 g/mol. The first kappa shape index (κ1) is 31.8. The maximum atomic E-state index is 13.7. The molecule has 2 aromatic carbocycles. The molecule has 1 unspecified atom stereocenters. The summed E-state index contributed by atoms with van der Waals surface area (Å²) in [6.07, 6.45) is 5.91. The molecule has 226 valence electrons. The quantitative estimate of drug-likeness (QED) is 0.272. The average Bonchev–Trinajstić information content (AvgIpc) is 3.02. The van der Waals surface area contributed by atoms with Crippen LogP contribution in [0.3, 0.4) is 0 Å². The van der Waals surface area contributed by atoms with Gasteiger partial charge in [0.05, 0.1) is 23.7 Å². The maximum absolute atomic E-state index is 13.7. The van der Waals surface area contributed by atoms with Crippen molar-refractivity contribution in [2.75, 3.05) is 19.8 Å². The molecule has 1 fully saturated rings. The number of nitrogens with zero attached hydrogens (tertiary/aromatic N) is 2. The number of halogens is 1. The zero-order valence-corrected chi connectivity index (χ0v) is 25.1. The van der Waals surface area contributed by atoms with Gasteiger partial charge in [0, 0.05) is 36.8 Å². The van der Waals surface area contributed by atoms with E-state index in [1.165, 1.54) is 12.1 Å². The van der Waals surface area contributed by atoms with Crippen LogP contribution in [-0.2, 0) is 26.7 Å². The third-order valence-corrected chi connectivity index (χ3v) is 10.0. The van der Waals surface area contributed by atoms with Crippen LogP contribution in [0, 0.1) is 5.92 Å². The van der Waals surface area contributed by atoms with Gasteiger partial charge in [-0.25, -0.2) is 8.42 Å². The van der Waals surface area contributed by atoms with Crippen molar-refractivity contribution in [3.8, 4) is 0 Å². The molecule has 9 heteroatoms. The standard InChI is InChI=1S/C33H42FN3O4S/c1-26(23-34)24-37(42(40,41)28-15-7-3-8-16-28)25-30(38)29(21-27-13-5-2-6-14-27)36-32(39)22-33(18-10-4-11-19-33)31-17-9-12-20-35-31/h2-3,5-9,12-17,20,26,29-30,38H,4,10-11,18-19,21-25H2,1H3,(H,36,39)/t26?,29-,30+/m0/s1. The summed E-state index contributed by atoms with van der Waals surface area (Å²) >= 11 is 0. The van der Waals surface area contributed by atoms with Gasteiger partial charge in [0.1, 0.15) is 0 Å². The van der Waals surface area contributed by atoms with E-state index in [1.807, 2.05) is 48.5 Å². The molecule has 1 heterocycles. The molecular formula is C33H42FN3O4S. The predicted octanol–water partition coefficient (Wildman–Crippen LogP) is 5.06. The first-order valence-corrected chi connectivity index (χ1v) is 16.2. The highest BCUT2D eigenvalue weighted by atomic mass is 32.2. The molecule has 1 aliphatic rings. The summed E-state index contributed by atoms with van der Waals surface area (Å²) in [6, 6.07) is 22.4.